The summed E-state index contributed by atoms with van der Waals surface area (Å²) in [6, 6.07) is 16.1. The molecule has 2 N–H and O–H groups in total. The smallest absolute Gasteiger partial charge is 0.273 e. The van der Waals surface area contributed by atoms with Gasteiger partial charge in [0.05, 0.1) is 11.4 Å². The highest BCUT2D eigenvalue weighted by atomic mass is 16.1. The van der Waals surface area contributed by atoms with Gasteiger partial charge >= 0.3 is 0 Å². The number of aryl methyl sites for hydroxylation is 4. The van der Waals surface area contributed by atoms with Crippen LogP contribution in [0.15, 0.2) is 59.5 Å². The van der Waals surface area contributed by atoms with Gasteiger partial charge in [-0.25, -0.2) is 9.67 Å². The number of fused-ring (bicyclic) bond motifs is 2. The van der Waals surface area contributed by atoms with Crippen LogP contribution in [-0.2, 0) is 24.7 Å². The van der Waals surface area contributed by atoms with Crippen molar-refractivity contribution in [1.82, 2.24) is 29.6 Å². The number of nitrogens with zero attached hydrogens (tertiary/aromatic N) is 4. The van der Waals surface area contributed by atoms with Crippen LogP contribution >= 0.6 is 0 Å². The second kappa shape index (κ2) is 9.21. The molecule has 2 aromatic carbocycles. The van der Waals surface area contributed by atoms with E-state index in [9.17, 15) is 9.59 Å². The van der Waals surface area contributed by atoms with Gasteiger partial charge < -0.3 is 10.3 Å². The normalized spacial score (nSPS) is 11.4. The van der Waals surface area contributed by atoms with E-state index in [0.717, 1.165) is 28.9 Å². The molecule has 0 saturated carbocycles. The molecule has 35 heavy (non-hydrogen) atoms. The quantitative estimate of drug-likeness (QED) is 0.382. The van der Waals surface area contributed by atoms with Crippen LogP contribution in [0.25, 0.3) is 27.8 Å². The Morgan fingerprint density at radius 2 is 1.83 bits per heavy atom. The van der Waals surface area contributed by atoms with Gasteiger partial charge in [-0.1, -0.05) is 35.9 Å². The maximum atomic E-state index is 13.1. The van der Waals surface area contributed by atoms with E-state index in [2.05, 4.69) is 26.4 Å². The maximum Gasteiger partial charge on any atom is 0.273 e. The number of H-pyrrole nitrogens is 1. The maximum absolute atomic E-state index is 13.1. The summed E-state index contributed by atoms with van der Waals surface area (Å²) in [7, 11) is 1.73. The van der Waals surface area contributed by atoms with E-state index in [4.69, 9.17) is 0 Å². The second-order valence-electron chi connectivity index (χ2n) is 8.89. The fourth-order valence-corrected chi connectivity index (χ4v) is 4.44. The van der Waals surface area contributed by atoms with Crippen molar-refractivity contribution in [2.45, 2.75) is 33.1 Å². The zero-order valence-corrected chi connectivity index (χ0v) is 20.1. The summed E-state index contributed by atoms with van der Waals surface area (Å²) in [6.45, 7) is 4.44. The van der Waals surface area contributed by atoms with Crippen LogP contribution in [0.1, 0.15) is 28.9 Å². The van der Waals surface area contributed by atoms with Crippen LogP contribution in [0.5, 0.6) is 0 Å². The molecule has 0 spiro atoms. The minimum absolute atomic E-state index is 0.0964. The Hall–Kier alpha value is -4.20. The summed E-state index contributed by atoms with van der Waals surface area (Å²) in [5, 5.41) is 8.76. The first kappa shape index (κ1) is 22.6. The van der Waals surface area contributed by atoms with Gasteiger partial charge in [-0.3, -0.25) is 14.2 Å². The van der Waals surface area contributed by atoms with Gasteiger partial charge in [0.1, 0.15) is 11.2 Å². The number of nitrogens with one attached hydrogen (secondary N) is 2. The Morgan fingerprint density at radius 1 is 1.06 bits per heavy atom. The van der Waals surface area contributed by atoms with Crippen molar-refractivity contribution in [3.05, 3.63) is 87.6 Å². The van der Waals surface area contributed by atoms with Gasteiger partial charge in [-0.2, -0.15) is 5.10 Å². The Balaban J connectivity index is 1.28. The predicted molar refractivity (Wildman–Crippen MR) is 137 cm³/mol. The molecule has 1 amide bonds. The number of aromatic amines is 1. The van der Waals surface area contributed by atoms with Crippen LogP contribution in [0.4, 0.5) is 0 Å². The Labute approximate surface area is 202 Å². The third-order valence-corrected chi connectivity index (χ3v) is 6.38. The lowest BCUT2D eigenvalue weighted by atomic mass is 10.1. The van der Waals surface area contributed by atoms with E-state index >= 15 is 0 Å². The molecule has 8 heteroatoms. The van der Waals surface area contributed by atoms with Crippen molar-refractivity contribution >= 4 is 28.0 Å². The van der Waals surface area contributed by atoms with Crippen LogP contribution in [0.2, 0.25) is 0 Å². The summed E-state index contributed by atoms with van der Waals surface area (Å²) in [5.41, 5.74) is 6.49. The summed E-state index contributed by atoms with van der Waals surface area (Å²) in [4.78, 5) is 33.4. The molecule has 0 bridgehead atoms. The summed E-state index contributed by atoms with van der Waals surface area (Å²) < 4.78 is 3.33. The molecule has 0 aliphatic carbocycles. The van der Waals surface area contributed by atoms with E-state index in [1.165, 1.54) is 10.9 Å². The molecule has 0 saturated heterocycles. The average molecular weight is 469 g/mol. The molecule has 8 nitrogen and oxygen atoms in total. The molecule has 0 atom stereocenters. The molecule has 178 valence electrons. The van der Waals surface area contributed by atoms with Crippen LogP contribution in [-0.4, -0.2) is 36.8 Å². The molecule has 0 aliphatic heterocycles. The van der Waals surface area contributed by atoms with Gasteiger partial charge in [0.25, 0.3) is 5.56 Å². The van der Waals surface area contributed by atoms with Crippen molar-refractivity contribution in [2.24, 2.45) is 7.05 Å². The molecule has 5 rings (SSSR count). The third-order valence-electron chi connectivity index (χ3n) is 6.38. The molecular formula is C27H28N6O2. The minimum atomic E-state index is -0.211. The molecule has 0 radical (unpaired) electrons. The summed E-state index contributed by atoms with van der Waals surface area (Å²) in [5.74, 6) is -0.0964. The molecule has 0 aliphatic rings. The number of hydrogen-bond donors (Lipinski definition) is 2. The first-order valence-electron chi connectivity index (χ1n) is 11.8. The first-order chi connectivity index (χ1) is 16.9. The Morgan fingerprint density at radius 3 is 2.63 bits per heavy atom. The number of aromatic nitrogens is 5. The van der Waals surface area contributed by atoms with Crippen molar-refractivity contribution in [3.8, 4) is 5.69 Å². The highest BCUT2D eigenvalue weighted by Gasteiger charge is 2.18. The average Bonchev–Trinajstić information content (AvgIpc) is 3.42. The van der Waals surface area contributed by atoms with Crippen molar-refractivity contribution < 1.29 is 4.79 Å². The number of para-hydroxylation sites is 1. The number of rotatable bonds is 7. The minimum Gasteiger partial charge on any atom is -0.361 e. The molecule has 3 aromatic heterocycles. The summed E-state index contributed by atoms with van der Waals surface area (Å²) >= 11 is 0. The van der Waals surface area contributed by atoms with Crippen LogP contribution in [0.3, 0.4) is 0 Å². The van der Waals surface area contributed by atoms with E-state index < -0.39 is 0 Å². The highest BCUT2D eigenvalue weighted by molar-refractivity contribution is 5.83. The number of amides is 1. The standard InChI is InChI=1S/C27H28N6O2/c1-17-8-10-20(11-9-17)33-26-25(18(2)31-33)30-23(27(35)32(26)3)12-13-24(34)28-15-14-19-16-29-22-7-5-4-6-21(19)22/h4-11,16,29H,12-15H2,1-3H3,(H,28,34). The van der Waals surface area contributed by atoms with Crippen molar-refractivity contribution in [2.75, 3.05) is 6.54 Å². The lowest BCUT2D eigenvalue weighted by Gasteiger charge is -2.09. The predicted octanol–water partition coefficient (Wildman–Crippen LogP) is 3.51. The van der Waals surface area contributed by atoms with Crippen molar-refractivity contribution in [1.29, 1.82) is 0 Å². The monoisotopic (exact) mass is 468 g/mol. The van der Waals surface area contributed by atoms with E-state index in [1.54, 1.807) is 16.3 Å². The zero-order chi connectivity index (χ0) is 24.5. The molecule has 0 unspecified atom stereocenters. The largest absolute Gasteiger partial charge is 0.361 e. The second-order valence-corrected chi connectivity index (χ2v) is 8.89. The van der Waals surface area contributed by atoms with E-state index in [0.29, 0.717) is 23.4 Å². The fraction of sp³-hybridized carbons (Fsp3) is 0.259. The first-order valence-corrected chi connectivity index (χ1v) is 11.8. The number of benzene rings is 2. The van der Waals surface area contributed by atoms with E-state index in [-0.39, 0.29) is 24.3 Å². The lowest BCUT2D eigenvalue weighted by Crippen LogP contribution is -2.28. The van der Waals surface area contributed by atoms with Gasteiger partial charge in [0.2, 0.25) is 5.91 Å². The molecule has 5 aromatic rings. The van der Waals surface area contributed by atoms with Gasteiger partial charge in [-0.15, -0.1) is 0 Å². The Kier molecular flexibility index (Phi) is 5.94. The number of carbonyl (C=O) groups excluding carboxylic acids is 1. The van der Waals surface area contributed by atoms with Crippen molar-refractivity contribution in [3.63, 3.8) is 0 Å². The highest BCUT2D eigenvalue weighted by Crippen LogP contribution is 2.20. The number of hydrogen-bond acceptors (Lipinski definition) is 4. The fourth-order valence-electron chi connectivity index (χ4n) is 4.44. The van der Waals surface area contributed by atoms with Gasteiger partial charge in [0.15, 0.2) is 5.65 Å². The number of carbonyl (C=O) groups is 1. The van der Waals surface area contributed by atoms with Crippen LogP contribution in [0, 0.1) is 13.8 Å². The zero-order valence-electron chi connectivity index (χ0n) is 20.1. The summed E-state index contributed by atoms with van der Waals surface area (Å²) in [6.07, 6.45) is 3.20. The van der Waals surface area contributed by atoms with Gasteiger partial charge in [-0.05, 0) is 44.0 Å². The molecule has 0 fully saturated rings. The topological polar surface area (TPSA) is 97.6 Å². The SMILES string of the molecule is Cc1ccc(-n2nc(C)c3nc(CCC(=O)NCCc4c[nH]c5ccccc45)c(=O)n(C)c32)cc1. The van der Waals surface area contributed by atoms with Gasteiger partial charge in [0, 0.05) is 43.5 Å². The molecular weight excluding hydrogens is 440 g/mol. The third kappa shape index (κ3) is 4.35. The Bertz CT molecular complexity index is 1590. The van der Waals surface area contributed by atoms with Crippen LogP contribution < -0.4 is 10.9 Å². The molecule has 3 heterocycles. The lowest BCUT2D eigenvalue weighted by molar-refractivity contribution is -0.121. The van der Waals surface area contributed by atoms with E-state index in [1.807, 2.05) is 62.5 Å².